The lowest BCUT2D eigenvalue weighted by Gasteiger charge is -2.12. The standard InChI is InChI=1S/C18H21N3O2/c22-18(21-11-14-5-2-1-3-6-14)17-9-8-15(12-20-17)19-13-16-7-4-10-23-16/h1-3,5-6,8-9,12,16,19H,4,7,10-11,13H2,(H,21,22). The van der Waals surface area contributed by atoms with E-state index in [1.165, 1.54) is 0 Å². The number of nitrogens with zero attached hydrogens (tertiary/aromatic N) is 1. The molecule has 1 aliphatic rings. The van der Waals surface area contributed by atoms with Gasteiger partial charge in [-0.25, -0.2) is 4.98 Å². The van der Waals surface area contributed by atoms with Gasteiger partial charge in [0.15, 0.2) is 0 Å². The quantitative estimate of drug-likeness (QED) is 0.861. The summed E-state index contributed by atoms with van der Waals surface area (Å²) in [6.07, 6.45) is 4.20. The Kier molecular flexibility index (Phi) is 5.21. The van der Waals surface area contributed by atoms with Crippen LogP contribution in [0.25, 0.3) is 0 Å². The van der Waals surface area contributed by atoms with Crippen molar-refractivity contribution in [3.05, 3.63) is 59.9 Å². The lowest BCUT2D eigenvalue weighted by Crippen LogP contribution is -2.24. The van der Waals surface area contributed by atoms with Crippen molar-refractivity contribution in [2.45, 2.75) is 25.5 Å². The zero-order valence-electron chi connectivity index (χ0n) is 13.0. The fourth-order valence-corrected chi connectivity index (χ4v) is 2.54. The molecule has 0 saturated carbocycles. The van der Waals surface area contributed by atoms with Crippen molar-refractivity contribution in [2.24, 2.45) is 0 Å². The largest absolute Gasteiger partial charge is 0.381 e. The molecule has 0 aliphatic carbocycles. The molecule has 0 spiro atoms. The van der Waals surface area contributed by atoms with Crippen LogP contribution in [0.4, 0.5) is 5.69 Å². The molecule has 1 atom stereocenters. The third-order valence-electron chi connectivity index (χ3n) is 3.85. The number of anilines is 1. The molecule has 120 valence electrons. The van der Waals surface area contributed by atoms with Crippen molar-refractivity contribution in [2.75, 3.05) is 18.5 Å². The van der Waals surface area contributed by atoms with Gasteiger partial charge in [-0.1, -0.05) is 30.3 Å². The van der Waals surface area contributed by atoms with Gasteiger partial charge in [-0.3, -0.25) is 4.79 Å². The van der Waals surface area contributed by atoms with E-state index in [1.54, 1.807) is 12.3 Å². The fourth-order valence-electron chi connectivity index (χ4n) is 2.54. The van der Waals surface area contributed by atoms with Gasteiger partial charge in [0.25, 0.3) is 5.91 Å². The molecule has 1 aromatic carbocycles. The van der Waals surface area contributed by atoms with E-state index in [9.17, 15) is 4.79 Å². The maximum Gasteiger partial charge on any atom is 0.270 e. The van der Waals surface area contributed by atoms with Crippen LogP contribution in [0.5, 0.6) is 0 Å². The van der Waals surface area contributed by atoms with Gasteiger partial charge in [-0.2, -0.15) is 0 Å². The average molecular weight is 311 g/mol. The van der Waals surface area contributed by atoms with Crippen molar-refractivity contribution in [3.8, 4) is 0 Å². The van der Waals surface area contributed by atoms with Crippen LogP contribution in [0.3, 0.4) is 0 Å². The van der Waals surface area contributed by atoms with E-state index < -0.39 is 0 Å². The molecule has 23 heavy (non-hydrogen) atoms. The van der Waals surface area contributed by atoms with Gasteiger partial charge in [0.1, 0.15) is 5.69 Å². The van der Waals surface area contributed by atoms with E-state index in [2.05, 4.69) is 15.6 Å². The first-order valence-electron chi connectivity index (χ1n) is 7.95. The Labute approximate surface area is 136 Å². The van der Waals surface area contributed by atoms with Crippen LogP contribution in [-0.4, -0.2) is 30.1 Å². The van der Waals surface area contributed by atoms with Crippen LogP contribution in [0, 0.1) is 0 Å². The molecular weight excluding hydrogens is 290 g/mol. The number of carbonyl (C=O) groups excluding carboxylic acids is 1. The van der Waals surface area contributed by atoms with Crippen LogP contribution >= 0.6 is 0 Å². The molecule has 1 unspecified atom stereocenters. The number of carbonyl (C=O) groups is 1. The van der Waals surface area contributed by atoms with Crippen LogP contribution < -0.4 is 10.6 Å². The summed E-state index contributed by atoms with van der Waals surface area (Å²) in [4.78, 5) is 16.3. The van der Waals surface area contributed by atoms with Crippen molar-refractivity contribution in [1.29, 1.82) is 0 Å². The number of benzene rings is 1. The van der Waals surface area contributed by atoms with Crippen molar-refractivity contribution in [3.63, 3.8) is 0 Å². The number of aromatic nitrogens is 1. The highest BCUT2D eigenvalue weighted by Crippen LogP contribution is 2.13. The zero-order chi connectivity index (χ0) is 15.9. The molecule has 5 nitrogen and oxygen atoms in total. The Hall–Kier alpha value is -2.40. The van der Waals surface area contributed by atoms with E-state index in [1.807, 2.05) is 36.4 Å². The topological polar surface area (TPSA) is 63.2 Å². The highest BCUT2D eigenvalue weighted by Gasteiger charge is 2.15. The summed E-state index contributed by atoms with van der Waals surface area (Å²) in [6, 6.07) is 13.4. The molecule has 5 heteroatoms. The maximum atomic E-state index is 12.1. The average Bonchev–Trinajstić information content (AvgIpc) is 3.13. The van der Waals surface area contributed by atoms with Gasteiger partial charge in [0.05, 0.1) is 18.0 Å². The SMILES string of the molecule is O=C(NCc1ccccc1)c1ccc(NCC2CCCO2)cn1. The summed E-state index contributed by atoms with van der Waals surface area (Å²) >= 11 is 0. The molecule has 3 rings (SSSR count). The van der Waals surface area contributed by atoms with Crippen molar-refractivity contribution in [1.82, 2.24) is 10.3 Å². The highest BCUT2D eigenvalue weighted by molar-refractivity contribution is 5.92. The van der Waals surface area contributed by atoms with Crippen molar-refractivity contribution < 1.29 is 9.53 Å². The van der Waals surface area contributed by atoms with Gasteiger partial charge in [-0.05, 0) is 30.5 Å². The molecule has 1 amide bonds. The molecule has 1 aliphatic heterocycles. The van der Waals surface area contributed by atoms with Gasteiger partial charge in [0.2, 0.25) is 0 Å². The maximum absolute atomic E-state index is 12.1. The number of hydrogen-bond donors (Lipinski definition) is 2. The second-order valence-electron chi connectivity index (χ2n) is 5.62. The monoisotopic (exact) mass is 311 g/mol. The predicted molar refractivity (Wildman–Crippen MR) is 89.3 cm³/mol. The Balaban J connectivity index is 1.48. The number of hydrogen-bond acceptors (Lipinski definition) is 4. The predicted octanol–water partition coefficient (Wildman–Crippen LogP) is 2.60. The van der Waals surface area contributed by atoms with Crippen LogP contribution in [-0.2, 0) is 11.3 Å². The van der Waals surface area contributed by atoms with Gasteiger partial charge < -0.3 is 15.4 Å². The van der Waals surface area contributed by atoms with Gasteiger partial charge in [-0.15, -0.1) is 0 Å². The molecule has 2 heterocycles. The fraction of sp³-hybridized carbons (Fsp3) is 0.333. The third kappa shape index (κ3) is 4.53. The summed E-state index contributed by atoms with van der Waals surface area (Å²) in [5.41, 5.74) is 2.39. The first-order valence-corrected chi connectivity index (χ1v) is 7.95. The molecule has 2 aromatic rings. The molecule has 1 aromatic heterocycles. The van der Waals surface area contributed by atoms with E-state index >= 15 is 0 Å². The summed E-state index contributed by atoms with van der Waals surface area (Å²) in [5.74, 6) is -0.167. The normalized spacial score (nSPS) is 17.0. The third-order valence-corrected chi connectivity index (χ3v) is 3.85. The minimum atomic E-state index is -0.167. The molecular formula is C18H21N3O2. The smallest absolute Gasteiger partial charge is 0.270 e. The summed E-state index contributed by atoms with van der Waals surface area (Å²) in [5, 5.41) is 6.16. The van der Waals surface area contributed by atoms with Crippen molar-refractivity contribution >= 4 is 11.6 Å². The Morgan fingerprint density at radius 1 is 1.22 bits per heavy atom. The van der Waals surface area contributed by atoms with Crippen LogP contribution in [0.2, 0.25) is 0 Å². The molecule has 1 saturated heterocycles. The summed E-state index contributed by atoms with van der Waals surface area (Å²) in [7, 11) is 0. The molecule has 0 radical (unpaired) electrons. The highest BCUT2D eigenvalue weighted by atomic mass is 16.5. The zero-order valence-corrected chi connectivity index (χ0v) is 13.0. The number of ether oxygens (including phenoxy) is 1. The van der Waals surface area contributed by atoms with E-state index in [4.69, 9.17) is 4.74 Å². The van der Waals surface area contributed by atoms with Gasteiger partial charge >= 0.3 is 0 Å². The minimum Gasteiger partial charge on any atom is -0.381 e. The Morgan fingerprint density at radius 2 is 2.09 bits per heavy atom. The molecule has 0 bridgehead atoms. The Bertz CT molecular complexity index is 622. The summed E-state index contributed by atoms with van der Waals surface area (Å²) < 4.78 is 5.56. The number of amides is 1. The minimum absolute atomic E-state index is 0.167. The number of rotatable bonds is 6. The lowest BCUT2D eigenvalue weighted by atomic mass is 10.2. The van der Waals surface area contributed by atoms with E-state index in [-0.39, 0.29) is 12.0 Å². The van der Waals surface area contributed by atoms with Crippen LogP contribution in [0.15, 0.2) is 48.7 Å². The van der Waals surface area contributed by atoms with E-state index in [0.29, 0.717) is 12.2 Å². The molecule has 1 fully saturated rings. The molecule has 2 N–H and O–H groups in total. The Morgan fingerprint density at radius 3 is 2.78 bits per heavy atom. The first-order chi connectivity index (χ1) is 11.3. The van der Waals surface area contributed by atoms with E-state index in [0.717, 1.165) is 37.2 Å². The summed E-state index contributed by atoms with van der Waals surface area (Å²) in [6.45, 7) is 2.13. The van der Waals surface area contributed by atoms with Gasteiger partial charge in [0, 0.05) is 19.7 Å². The lowest BCUT2D eigenvalue weighted by molar-refractivity contribution is 0.0946. The second-order valence-corrected chi connectivity index (χ2v) is 5.62. The second kappa shape index (κ2) is 7.74. The first kappa shape index (κ1) is 15.5. The number of nitrogens with one attached hydrogen (secondary N) is 2. The number of pyridine rings is 1. The van der Waals surface area contributed by atoms with Crippen LogP contribution in [0.1, 0.15) is 28.9 Å².